The van der Waals surface area contributed by atoms with Gasteiger partial charge in [0, 0.05) is 5.69 Å². The Hall–Kier alpha value is -3.42. The van der Waals surface area contributed by atoms with Gasteiger partial charge >= 0.3 is 0 Å². The summed E-state index contributed by atoms with van der Waals surface area (Å²) in [7, 11) is 0. The molecule has 32 heavy (non-hydrogen) atoms. The van der Waals surface area contributed by atoms with E-state index in [4.69, 9.17) is 21.1 Å². The summed E-state index contributed by atoms with van der Waals surface area (Å²) >= 11 is 5.56. The molecule has 3 rings (SSSR count). The van der Waals surface area contributed by atoms with Crippen molar-refractivity contribution < 1.29 is 23.5 Å². The van der Waals surface area contributed by atoms with Crippen LogP contribution in [0.1, 0.15) is 5.56 Å². The summed E-state index contributed by atoms with van der Waals surface area (Å²) in [6.07, 6.45) is 0. The van der Waals surface area contributed by atoms with Crippen molar-refractivity contribution in [3.8, 4) is 11.5 Å². The zero-order chi connectivity index (χ0) is 22.8. The zero-order valence-corrected chi connectivity index (χ0v) is 17.8. The standard InChI is InChI=1S/C24H22ClFN2O4/c25-14-23(29)28-22(16-31-15-17-4-2-1-3-5-17)24(30)27-19-8-12-21(13-9-19)32-20-10-6-18(26)7-11-20/h1-13,22H,14-16H2,(H,27,30)(H,28,29)/t22-/m0/s1. The van der Waals surface area contributed by atoms with Crippen LogP contribution in [0.25, 0.3) is 0 Å². The fourth-order valence-electron chi connectivity index (χ4n) is 2.76. The maximum absolute atomic E-state index is 13.0. The Morgan fingerprint density at radius 1 is 0.906 bits per heavy atom. The fourth-order valence-corrected chi connectivity index (χ4v) is 2.84. The topological polar surface area (TPSA) is 76.7 Å². The van der Waals surface area contributed by atoms with Crippen molar-refractivity contribution in [2.45, 2.75) is 12.6 Å². The highest BCUT2D eigenvalue weighted by Crippen LogP contribution is 2.23. The SMILES string of the molecule is O=C(CCl)N[C@@H](COCc1ccccc1)C(=O)Nc1ccc(Oc2ccc(F)cc2)cc1. The van der Waals surface area contributed by atoms with Gasteiger partial charge in [-0.15, -0.1) is 11.6 Å². The fraction of sp³-hybridized carbons (Fsp3) is 0.167. The lowest BCUT2D eigenvalue weighted by Gasteiger charge is -2.18. The number of hydrogen-bond acceptors (Lipinski definition) is 4. The van der Waals surface area contributed by atoms with Crippen LogP contribution < -0.4 is 15.4 Å². The van der Waals surface area contributed by atoms with Crippen molar-refractivity contribution in [1.82, 2.24) is 5.32 Å². The van der Waals surface area contributed by atoms with Crippen molar-refractivity contribution in [2.75, 3.05) is 17.8 Å². The Labute approximate surface area is 190 Å². The number of benzene rings is 3. The third kappa shape index (κ3) is 7.37. The molecule has 166 valence electrons. The molecule has 3 aromatic rings. The number of rotatable bonds is 10. The predicted molar refractivity (Wildman–Crippen MR) is 120 cm³/mol. The second kappa shape index (κ2) is 11.8. The van der Waals surface area contributed by atoms with Gasteiger partial charge in [-0.3, -0.25) is 9.59 Å². The summed E-state index contributed by atoms with van der Waals surface area (Å²) in [5.74, 6) is -0.519. The van der Waals surface area contributed by atoms with Crippen molar-refractivity contribution in [3.05, 3.63) is 90.2 Å². The lowest BCUT2D eigenvalue weighted by molar-refractivity contribution is -0.126. The highest BCUT2D eigenvalue weighted by Gasteiger charge is 2.21. The van der Waals surface area contributed by atoms with E-state index in [0.29, 0.717) is 23.8 Å². The van der Waals surface area contributed by atoms with Gasteiger partial charge in [0.15, 0.2) is 0 Å². The summed E-state index contributed by atoms with van der Waals surface area (Å²) < 4.78 is 24.2. The van der Waals surface area contributed by atoms with Crippen LogP contribution in [0.15, 0.2) is 78.9 Å². The molecule has 2 amide bonds. The van der Waals surface area contributed by atoms with E-state index in [1.807, 2.05) is 30.3 Å². The lowest BCUT2D eigenvalue weighted by atomic mass is 10.2. The molecule has 6 nitrogen and oxygen atoms in total. The van der Waals surface area contributed by atoms with Crippen molar-refractivity contribution in [2.24, 2.45) is 0 Å². The van der Waals surface area contributed by atoms with Gasteiger partial charge in [-0.25, -0.2) is 4.39 Å². The van der Waals surface area contributed by atoms with Crippen LogP contribution in [0.5, 0.6) is 11.5 Å². The van der Waals surface area contributed by atoms with Crippen LogP contribution >= 0.6 is 11.6 Å². The number of hydrogen-bond donors (Lipinski definition) is 2. The van der Waals surface area contributed by atoms with Crippen LogP contribution in [0.4, 0.5) is 10.1 Å². The quantitative estimate of drug-likeness (QED) is 0.440. The maximum Gasteiger partial charge on any atom is 0.249 e. The Morgan fingerprint density at radius 3 is 2.16 bits per heavy atom. The minimum atomic E-state index is -0.917. The minimum Gasteiger partial charge on any atom is -0.457 e. The second-order valence-corrected chi connectivity index (χ2v) is 7.09. The second-order valence-electron chi connectivity index (χ2n) is 6.82. The third-order valence-corrected chi connectivity index (χ3v) is 4.58. The van der Waals surface area contributed by atoms with E-state index < -0.39 is 17.9 Å². The molecule has 0 saturated heterocycles. The van der Waals surface area contributed by atoms with Crippen molar-refractivity contribution in [3.63, 3.8) is 0 Å². The first-order valence-corrected chi connectivity index (χ1v) is 10.4. The van der Waals surface area contributed by atoms with Gasteiger partial charge in [-0.2, -0.15) is 0 Å². The summed E-state index contributed by atoms with van der Waals surface area (Å²) in [6, 6.07) is 20.9. The Bertz CT molecular complexity index is 1010. The molecule has 0 radical (unpaired) electrons. The molecule has 0 heterocycles. The maximum atomic E-state index is 13.0. The largest absolute Gasteiger partial charge is 0.457 e. The molecule has 0 unspecified atom stereocenters. The van der Waals surface area contributed by atoms with Crippen LogP contribution in [0.2, 0.25) is 0 Å². The Morgan fingerprint density at radius 2 is 1.53 bits per heavy atom. The zero-order valence-electron chi connectivity index (χ0n) is 17.1. The summed E-state index contributed by atoms with van der Waals surface area (Å²) in [5.41, 5.74) is 1.46. The van der Waals surface area contributed by atoms with E-state index in [9.17, 15) is 14.0 Å². The van der Waals surface area contributed by atoms with Crippen LogP contribution in [0, 0.1) is 5.82 Å². The highest BCUT2D eigenvalue weighted by atomic mass is 35.5. The van der Waals surface area contributed by atoms with E-state index in [-0.39, 0.29) is 18.3 Å². The molecule has 3 aromatic carbocycles. The van der Waals surface area contributed by atoms with E-state index in [2.05, 4.69) is 10.6 Å². The number of halogens is 2. The molecule has 0 fully saturated rings. The van der Waals surface area contributed by atoms with Crippen molar-refractivity contribution in [1.29, 1.82) is 0 Å². The number of carbonyl (C=O) groups excluding carboxylic acids is 2. The molecule has 1 atom stereocenters. The Balaban J connectivity index is 1.57. The molecule has 0 aliphatic rings. The van der Waals surface area contributed by atoms with E-state index in [0.717, 1.165) is 5.56 Å². The third-order valence-electron chi connectivity index (χ3n) is 4.34. The molecule has 0 bridgehead atoms. The number of alkyl halides is 1. The Kier molecular flexibility index (Phi) is 8.60. The minimum absolute atomic E-state index is 0.0187. The average Bonchev–Trinajstić information content (AvgIpc) is 2.81. The van der Waals surface area contributed by atoms with Gasteiger partial charge < -0.3 is 20.1 Å². The normalized spacial score (nSPS) is 11.4. The van der Waals surface area contributed by atoms with Gasteiger partial charge in [0.25, 0.3) is 0 Å². The van der Waals surface area contributed by atoms with E-state index in [1.54, 1.807) is 24.3 Å². The van der Waals surface area contributed by atoms with Gasteiger partial charge in [0.05, 0.1) is 13.2 Å². The lowest BCUT2D eigenvalue weighted by Crippen LogP contribution is -2.47. The first-order valence-electron chi connectivity index (χ1n) is 9.85. The molecule has 8 heteroatoms. The smallest absolute Gasteiger partial charge is 0.249 e. The first kappa shape index (κ1) is 23.2. The molecule has 0 aliphatic carbocycles. The molecule has 0 aliphatic heterocycles. The monoisotopic (exact) mass is 456 g/mol. The molecule has 0 aromatic heterocycles. The molecular formula is C24H22ClFN2O4. The van der Waals surface area contributed by atoms with Crippen LogP contribution in [-0.2, 0) is 20.9 Å². The average molecular weight is 457 g/mol. The van der Waals surface area contributed by atoms with E-state index in [1.165, 1.54) is 24.3 Å². The molecule has 2 N–H and O–H groups in total. The molecule has 0 saturated carbocycles. The molecular weight excluding hydrogens is 435 g/mol. The number of anilines is 1. The van der Waals surface area contributed by atoms with Gasteiger partial charge in [0.2, 0.25) is 11.8 Å². The first-order chi connectivity index (χ1) is 15.5. The summed E-state index contributed by atoms with van der Waals surface area (Å²) in [6.45, 7) is 0.284. The summed E-state index contributed by atoms with van der Waals surface area (Å²) in [5, 5.41) is 5.30. The number of amides is 2. The van der Waals surface area contributed by atoms with Gasteiger partial charge in [-0.05, 0) is 54.1 Å². The van der Waals surface area contributed by atoms with Crippen LogP contribution in [0.3, 0.4) is 0 Å². The highest BCUT2D eigenvalue weighted by molar-refractivity contribution is 6.27. The number of ether oxygens (including phenoxy) is 2. The van der Waals surface area contributed by atoms with Crippen molar-refractivity contribution >= 4 is 29.1 Å². The predicted octanol–water partition coefficient (Wildman–Crippen LogP) is 4.50. The van der Waals surface area contributed by atoms with Gasteiger partial charge in [-0.1, -0.05) is 30.3 Å². The number of carbonyl (C=O) groups is 2. The summed E-state index contributed by atoms with van der Waals surface area (Å²) in [4.78, 5) is 24.4. The molecule has 0 spiro atoms. The number of nitrogens with one attached hydrogen (secondary N) is 2. The van der Waals surface area contributed by atoms with Gasteiger partial charge in [0.1, 0.15) is 29.2 Å². The van der Waals surface area contributed by atoms with Crippen LogP contribution in [-0.4, -0.2) is 30.3 Å². The van der Waals surface area contributed by atoms with E-state index >= 15 is 0 Å².